The number of anilines is 1. The Morgan fingerprint density at radius 1 is 1.18 bits per heavy atom. The fraction of sp³-hybridized carbons (Fsp3) is 0.286. The smallest absolute Gasteiger partial charge is 0.293 e. The Bertz CT molecular complexity index is 1620. The molecule has 38 heavy (non-hydrogen) atoms. The van der Waals surface area contributed by atoms with Crippen molar-refractivity contribution in [3.63, 3.8) is 0 Å². The van der Waals surface area contributed by atoms with E-state index in [1.807, 2.05) is 29.8 Å². The number of nitrogen functional groups attached to an aromatic ring is 1. The second kappa shape index (κ2) is 9.86. The molecule has 4 aromatic rings. The molecule has 0 spiro atoms. The number of nitrogens with zero attached hydrogens (tertiary/aromatic N) is 6. The Labute approximate surface area is 219 Å². The number of hydrogen-bond donors (Lipinski definition) is 1. The largest absolute Gasteiger partial charge is 0.396 e. The van der Waals surface area contributed by atoms with Crippen LogP contribution in [0.2, 0.25) is 0 Å². The van der Waals surface area contributed by atoms with E-state index in [0.29, 0.717) is 16.9 Å². The number of pyridine rings is 3. The minimum Gasteiger partial charge on any atom is -0.396 e. The zero-order valence-corrected chi connectivity index (χ0v) is 21.8. The first-order valence-corrected chi connectivity index (χ1v) is 12.4. The Kier molecular flexibility index (Phi) is 6.58. The maximum absolute atomic E-state index is 14.3. The molecule has 1 amide bonds. The fourth-order valence-corrected chi connectivity index (χ4v) is 4.98. The Hall–Kier alpha value is -4.31. The average Bonchev–Trinajstić information content (AvgIpc) is 3.28. The molecule has 196 valence electrons. The predicted octanol–water partition coefficient (Wildman–Crippen LogP) is 3.39. The Balaban J connectivity index is 1.40. The molecule has 0 radical (unpaired) electrons. The van der Waals surface area contributed by atoms with E-state index >= 15 is 0 Å². The van der Waals surface area contributed by atoms with Crippen molar-refractivity contribution in [2.45, 2.75) is 19.4 Å². The van der Waals surface area contributed by atoms with Crippen LogP contribution in [0.3, 0.4) is 0 Å². The van der Waals surface area contributed by atoms with Crippen molar-refractivity contribution in [3.05, 3.63) is 88.1 Å². The first-order chi connectivity index (χ1) is 18.2. The second-order valence-corrected chi connectivity index (χ2v) is 9.74. The lowest BCUT2D eigenvalue weighted by Crippen LogP contribution is -2.32. The molecule has 2 N–H and O–H groups in total. The van der Waals surface area contributed by atoms with Gasteiger partial charge >= 0.3 is 0 Å². The maximum Gasteiger partial charge on any atom is 0.293 e. The van der Waals surface area contributed by atoms with Crippen molar-refractivity contribution in [2.75, 3.05) is 32.9 Å². The molecule has 1 atom stereocenters. The van der Waals surface area contributed by atoms with E-state index in [-0.39, 0.29) is 17.6 Å². The third-order valence-electron chi connectivity index (χ3n) is 7.23. The van der Waals surface area contributed by atoms with E-state index in [2.05, 4.69) is 27.9 Å². The lowest BCUT2D eigenvalue weighted by molar-refractivity contribution is 0.0827. The first-order valence-electron chi connectivity index (χ1n) is 12.4. The van der Waals surface area contributed by atoms with E-state index in [0.717, 1.165) is 41.9 Å². The van der Waals surface area contributed by atoms with E-state index in [1.54, 1.807) is 32.6 Å². The van der Waals surface area contributed by atoms with Gasteiger partial charge in [-0.05, 0) is 49.2 Å². The molecule has 0 fully saturated rings. The highest BCUT2D eigenvalue weighted by atomic mass is 19.1. The highest BCUT2D eigenvalue weighted by molar-refractivity contribution is 5.93. The number of aromatic nitrogens is 4. The van der Waals surface area contributed by atoms with Gasteiger partial charge in [-0.25, -0.2) is 4.98 Å². The van der Waals surface area contributed by atoms with Crippen LogP contribution < -0.4 is 11.3 Å². The second-order valence-electron chi connectivity index (χ2n) is 9.74. The zero-order valence-electron chi connectivity index (χ0n) is 21.8. The molecule has 1 aliphatic heterocycles. The lowest BCUT2D eigenvalue weighted by atomic mass is 10.0. The van der Waals surface area contributed by atoms with Crippen LogP contribution in [0.15, 0.2) is 59.8 Å². The first kappa shape index (κ1) is 25.3. The molecule has 0 aliphatic carbocycles. The summed E-state index contributed by atoms with van der Waals surface area (Å²) in [6.07, 6.45) is 7.74. The van der Waals surface area contributed by atoms with Crippen molar-refractivity contribution >= 4 is 28.2 Å². The zero-order chi connectivity index (χ0) is 27.1. The van der Waals surface area contributed by atoms with Gasteiger partial charge in [-0.1, -0.05) is 6.08 Å². The summed E-state index contributed by atoms with van der Waals surface area (Å²) in [6.45, 7) is 3.71. The molecule has 0 saturated carbocycles. The Morgan fingerprint density at radius 2 is 1.97 bits per heavy atom. The van der Waals surface area contributed by atoms with Crippen LogP contribution in [0.5, 0.6) is 0 Å². The monoisotopic (exact) mass is 515 g/mol. The van der Waals surface area contributed by atoms with Gasteiger partial charge < -0.3 is 15.2 Å². The quantitative estimate of drug-likeness (QED) is 0.437. The van der Waals surface area contributed by atoms with Crippen molar-refractivity contribution in [1.82, 2.24) is 28.9 Å². The standard InChI is InChI=1S/C28H30FN7O2/c1-17(35-12-8-18(9-13-35)22-6-5-19(16-32-22)27(37)33(2)3)24-15-20-23(7-11-31-26(20)34(24)4)36-14-10-21(30)25(29)28(36)38/h5-8,10-11,14-17H,9,12-13,30H2,1-4H3/t17-/m1/s1. The van der Waals surface area contributed by atoms with Gasteiger partial charge in [0.05, 0.1) is 22.6 Å². The highest BCUT2D eigenvalue weighted by Gasteiger charge is 2.24. The summed E-state index contributed by atoms with van der Waals surface area (Å²) in [4.78, 5) is 37.7. The third kappa shape index (κ3) is 4.37. The Morgan fingerprint density at radius 3 is 2.63 bits per heavy atom. The summed E-state index contributed by atoms with van der Waals surface area (Å²) in [7, 11) is 5.39. The van der Waals surface area contributed by atoms with Crippen LogP contribution in [0, 0.1) is 5.82 Å². The highest BCUT2D eigenvalue weighted by Crippen LogP contribution is 2.32. The molecular weight excluding hydrogens is 485 g/mol. The number of fused-ring (bicyclic) bond motifs is 1. The number of carbonyl (C=O) groups is 1. The summed E-state index contributed by atoms with van der Waals surface area (Å²) in [6, 6.07) is 8.89. The maximum atomic E-state index is 14.3. The third-order valence-corrected chi connectivity index (χ3v) is 7.23. The summed E-state index contributed by atoms with van der Waals surface area (Å²) in [5, 5.41) is 0.757. The van der Waals surface area contributed by atoms with Crippen molar-refractivity contribution in [1.29, 1.82) is 0 Å². The number of amides is 1. The van der Waals surface area contributed by atoms with E-state index in [4.69, 9.17) is 5.73 Å². The molecule has 1 aliphatic rings. The molecule has 10 heteroatoms. The van der Waals surface area contributed by atoms with Gasteiger partial charge in [0.15, 0.2) is 0 Å². The lowest BCUT2D eigenvalue weighted by Gasteiger charge is -2.32. The van der Waals surface area contributed by atoms with Gasteiger partial charge in [-0.3, -0.25) is 24.0 Å². The minimum atomic E-state index is -0.966. The van der Waals surface area contributed by atoms with Crippen LogP contribution in [0.4, 0.5) is 10.1 Å². The van der Waals surface area contributed by atoms with Crippen LogP contribution in [-0.4, -0.2) is 62.0 Å². The number of hydrogen-bond acceptors (Lipinski definition) is 6. The molecule has 0 saturated heterocycles. The van der Waals surface area contributed by atoms with Crippen LogP contribution in [0.25, 0.3) is 22.3 Å². The summed E-state index contributed by atoms with van der Waals surface area (Å²) >= 11 is 0. The number of nitrogens with two attached hydrogens (primary N) is 1. The SMILES string of the molecule is C[C@H](c1cc2c(-n3ccc(N)c(F)c3=O)ccnc2n1C)N1CC=C(c2ccc(C(=O)N(C)C)cn2)CC1. The van der Waals surface area contributed by atoms with Gasteiger partial charge in [0, 0.05) is 69.9 Å². The molecule has 0 aromatic carbocycles. The summed E-state index contributed by atoms with van der Waals surface area (Å²) in [5.41, 5.74) is 9.50. The number of carbonyl (C=O) groups excluding carboxylic acids is 1. The van der Waals surface area contributed by atoms with Gasteiger partial charge in [0.25, 0.3) is 11.5 Å². The van der Waals surface area contributed by atoms with E-state index in [1.165, 1.54) is 21.7 Å². The van der Waals surface area contributed by atoms with Gasteiger partial charge in [-0.15, -0.1) is 0 Å². The number of rotatable bonds is 5. The fourth-order valence-electron chi connectivity index (χ4n) is 4.98. The molecule has 5 rings (SSSR count). The number of aryl methyl sites for hydroxylation is 1. The molecular formula is C28H30FN7O2. The van der Waals surface area contributed by atoms with Crippen molar-refractivity contribution in [3.8, 4) is 5.69 Å². The van der Waals surface area contributed by atoms with Crippen LogP contribution in [-0.2, 0) is 7.05 Å². The molecule has 5 heterocycles. The van der Waals surface area contributed by atoms with Crippen LogP contribution >= 0.6 is 0 Å². The molecule has 0 unspecified atom stereocenters. The average molecular weight is 516 g/mol. The normalized spacial score (nSPS) is 14.9. The number of halogens is 1. The summed E-state index contributed by atoms with van der Waals surface area (Å²) < 4.78 is 17.5. The topological polar surface area (TPSA) is 102 Å². The van der Waals surface area contributed by atoms with Crippen LogP contribution in [0.1, 0.15) is 41.1 Å². The van der Waals surface area contributed by atoms with E-state index in [9.17, 15) is 14.0 Å². The summed E-state index contributed by atoms with van der Waals surface area (Å²) in [5.74, 6) is -1.04. The van der Waals surface area contributed by atoms with E-state index < -0.39 is 11.4 Å². The minimum absolute atomic E-state index is 0.0628. The van der Waals surface area contributed by atoms with Gasteiger partial charge in [-0.2, -0.15) is 4.39 Å². The molecule has 9 nitrogen and oxygen atoms in total. The van der Waals surface area contributed by atoms with Gasteiger partial charge in [0.2, 0.25) is 5.82 Å². The predicted molar refractivity (Wildman–Crippen MR) is 146 cm³/mol. The van der Waals surface area contributed by atoms with Crippen molar-refractivity contribution < 1.29 is 9.18 Å². The molecule has 4 aromatic heterocycles. The molecule has 0 bridgehead atoms. The van der Waals surface area contributed by atoms with Gasteiger partial charge in [0.1, 0.15) is 5.65 Å². The van der Waals surface area contributed by atoms with Crippen molar-refractivity contribution in [2.24, 2.45) is 7.05 Å².